The molecule has 0 aromatic carbocycles. The van der Waals surface area contributed by atoms with Gasteiger partial charge >= 0.3 is 13.8 Å². The van der Waals surface area contributed by atoms with Crippen molar-refractivity contribution in [2.45, 2.75) is 290 Å². The summed E-state index contributed by atoms with van der Waals surface area (Å²) in [6.07, 6.45) is 58.4. The number of rotatable bonds is 53. The summed E-state index contributed by atoms with van der Waals surface area (Å²) in [4.78, 5) is 37.6. The molecule has 0 fully saturated rings. The third kappa shape index (κ3) is 51.0. The summed E-state index contributed by atoms with van der Waals surface area (Å²) in [5, 5.41) is 3.05. The highest BCUT2D eigenvalue weighted by Gasteiger charge is 2.30. The summed E-state index contributed by atoms with van der Waals surface area (Å²) >= 11 is 0. The van der Waals surface area contributed by atoms with Crippen LogP contribution in [0.3, 0.4) is 0 Å². The first-order chi connectivity index (χ1) is 33.4. The van der Waals surface area contributed by atoms with Gasteiger partial charge in [-0.25, -0.2) is 4.57 Å². The summed E-state index contributed by atoms with van der Waals surface area (Å²) in [5.74, 6) is -0.504. The van der Waals surface area contributed by atoms with Crippen LogP contribution in [0, 0.1) is 0 Å². The van der Waals surface area contributed by atoms with Crippen LogP contribution in [0.4, 0.5) is 0 Å². The van der Waals surface area contributed by atoms with Gasteiger partial charge in [-0.15, -0.1) is 0 Å². The third-order valence-electron chi connectivity index (χ3n) is 13.1. The fraction of sp³-hybridized carbons (Fsp3) is 0.864. The van der Waals surface area contributed by atoms with Crippen molar-refractivity contribution in [2.24, 2.45) is 0 Å². The molecule has 406 valence electrons. The maximum atomic E-state index is 13.5. The van der Waals surface area contributed by atoms with Crippen molar-refractivity contribution in [3.63, 3.8) is 0 Å². The van der Waals surface area contributed by atoms with E-state index in [0.717, 1.165) is 77.0 Å². The summed E-state index contributed by atoms with van der Waals surface area (Å²) < 4.78 is 30.6. The van der Waals surface area contributed by atoms with Crippen LogP contribution in [0.1, 0.15) is 278 Å². The van der Waals surface area contributed by atoms with Gasteiger partial charge in [-0.2, -0.15) is 0 Å². The number of esters is 1. The Labute approximate surface area is 427 Å². The van der Waals surface area contributed by atoms with E-state index in [1.807, 2.05) is 33.3 Å². The Balaban J connectivity index is 5.34. The molecule has 0 bridgehead atoms. The Morgan fingerprint density at radius 3 is 1.33 bits per heavy atom. The van der Waals surface area contributed by atoms with E-state index in [1.165, 1.54) is 167 Å². The molecule has 1 amide bonds. The molecule has 69 heavy (non-hydrogen) atoms. The smallest absolute Gasteiger partial charge is 0.456 e. The first kappa shape index (κ1) is 67.2. The number of nitrogens with one attached hydrogen (secondary N) is 1. The van der Waals surface area contributed by atoms with Gasteiger partial charge in [-0.1, -0.05) is 237 Å². The summed E-state index contributed by atoms with van der Waals surface area (Å²) in [6.45, 7) is 7.00. The maximum Gasteiger partial charge on any atom is 0.472 e. The van der Waals surface area contributed by atoms with Gasteiger partial charge in [0.25, 0.3) is 0 Å². The van der Waals surface area contributed by atoms with Gasteiger partial charge in [-0.3, -0.25) is 18.6 Å². The lowest BCUT2D eigenvalue weighted by atomic mass is 10.0. The van der Waals surface area contributed by atoms with Crippen molar-refractivity contribution in [2.75, 3.05) is 40.9 Å². The molecule has 3 unspecified atom stereocenters. The predicted octanol–water partition coefficient (Wildman–Crippen LogP) is 17.6. The number of nitrogens with zero attached hydrogens (tertiary/aromatic N) is 1. The highest BCUT2D eigenvalue weighted by molar-refractivity contribution is 7.47. The van der Waals surface area contributed by atoms with Crippen LogP contribution in [0.2, 0.25) is 0 Å². The summed E-state index contributed by atoms with van der Waals surface area (Å²) in [7, 11) is 1.50. The Morgan fingerprint density at radius 1 is 0.507 bits per heavy atom. The minimum atomic E-state index is -4.44. The van der Waals surface area contributed by atoms with E-state index in [0.29, 0.717) is 17.4 Å². The second-order valence-electron chi connectivity index (χ2n) is 21.2. The van der Waals surface area contributed by atoms with Gasteiger partial charge in [0.15, 0.2) is 0 Å². The first-order valence-corrected chi connectivity index (χ1v) is 30.8. The maximum absolute atomic E-state index is 13.5. The number of ether oxygens (including phenoxy) is 1. The van der Waals surface area contributed by atoms with Crippen molar-refractivity contribution >= 4 is 19.7 Å². The van der Waals surface area contributed by atoms with Crippen LogP contribution in [0.15, 0.2) is 36.5 Å². The van der Waals surface area contributed by atoms with Crippen molar-refractivity contribution in [3.8, 4) is 0 Å². The number of allylic oxidation sites excluding steroid dienone is 5. The van der Waals surface area contributed by atoms with Gasteiger partial charge in [0.1, 0.15) is 19.3 Å². The molecule has 0 aromatic rings. The van der Waals surface area contributed by atoms with Crippen LogP contribution in [-0.2, 0) is 27.9 Å². The lowest BCUT2D eigenvalue weighted by Gasteiger charge is -2.27. The number of phosphoric ester groups is 1. The fourth-order valence-corrected chi connectivity index (χ4v) is 9.24. The molecular formula is C59H114N2O7P+. The average molecular weight is 995 g/mol. The van der Waals surface area contributed by atoms with E-state index in [-0.39, 0.29) is 31.5 Å². The Hall–Kier alpha value is -1.77. The molecule has 0 saturated heterocycles. The summed E-state index contributed by atoms with van der Waals surface area (Å²) in [5.41, 5.74) is 0. The van der Waals surface area contributed by atoms with Crippen molar-refractivity contribution < 1.29 is 37.3 Å². The molecule has 0 spiro atoms. The lowest BCUT2D eigenvalue weighted by molar-refractivity contribution is -0.870. The molecule has 0 aliphatic carbocycles. The SMILES string of the molecule is CCCCC/C=C\C/C=C\CCCCCCCCCC(=O)OC(/C=C/CCCCCCCCCCCCC)C(COP(=O)(O)OCC[N+](C)(C)C)NC(=O)CCCCCCCCCCCCCCC. The van der Waals surface area contributed by atoms with Gasteiger partial charge in [-0.05, 0) is 63.9 Å². The number of likely N-dealkylation sites (N-methyl/N-ethyl adjacent to an activating group) is 1. The average Bonchev–Trinajstić information content (AvgIpc) is 3.31. The van der Waals surface area contributed by atoms with Crippen LogP contribution in [-0.4, -0.2) is 74.3 Å². The van der Waals surface area contributed by atoms with E-state index in [1.54, 1.807) is 0 Å². The van der Waals surface area contributed by atoms with E-state index >= 15 is 0 Å². The van der Waals surface area contributed by atoms with E-state index in [2.05, 4.69) is 50.4 Å². The van der Waals surface area contributed by atoms with Crippen LogP contribution < -0.4 is 5.32 Å². The second-order valence-corrected chi connectivity index (χ2v) is 22.6. The standard InChI is InChI=1S/C59H113N2O7P/c1-7-10-13-16-19-22-25-28-29-30-31-34-37-40-43-46-49-52-59(63)68-57(50-47-44-41-38-35-32-26-23-20-17-14-11-8-2)56(55-67-69(64,65)66-54-53-61(4,5)6)60-58(62)51-48-45-42-39-36-33-27-24-21-18-15-12-9-3/h19,22,28-29,47,50,56-57H,7-18,20-21,23-27,30-46,48-49,51-55H2,1-6H3,(H-,60,62,64,65)/p+1/b22-19-,29-28-,50-47+. The minimum absolute atomic E-state index is 0.0410. The van der Waals surface area contributed by atoms with Crippen LogP contribution in [0.5, 0.6) is 0 Å². The number of hydrogen-bond donors (Lipinski definition) is 2. The predicted molar refractivity (Wildman–Crippen MR) is 296 cm³/mol. The van der Waals surface area contributed by atoms with E-state index in [4.69, 9.17) is 13.8 Å². The lowest BCUT2D eigenvalue weighted by Crippen LogP contribution is -2.47. The number of quaternary nitrogens is 1. The number of carbonyl (C=O) groups is 2. The molecule has 0 aliphatic rings. The van der Waals surface area contributed by atoms with Crippen LogP contribution >= 0.6 is 7.82 Å². The number of unbranched alkanes of at least 4 members (excludes halogenated alkanes) is 33. The zero-order valence-corrected chi connectivity index (χ0v) is 47.2. The van der Waals surface area contributed by atoms with E-state index < -0.39 is 20.0 Å². The zero-order chi connectivity index (χ0) is 50.8. The molecule has 3 atom stereocenters. The zero-order valence-electron chi connectivity index (χ0n) is 46.3. The number of amides is 1. The molecule has 0 heterocycles. The Morgan fingerprint density at radius 2 is 0.884 bits per heavy atom. The van der Waals surface area contributed by atoms with Gasteiger partial charge in [0, 0.05) is 12.8 Å². The molecule has 9 nitrogen and oxygen atoms in total. The highest BCUT2D eigenvalue weighted by atomic mass is 31.2. The third-order valence-corrected chi connectivity index (χ3v) is 14.1. The molecule has 0 radical (unpaired) electrons. The second kappa shape index (κ2) is 49.8. The molecule has 0 aromatic heterocycles. The number of hydrogen-bond acceptors (Lipinski definition) is 6. The molecule has 10 heteroatoms. The first-order valence-electron chi connectivity index (χ1n) is 29.3. The van der Waals surface area contributed by atoms with Crippen molar-refractivity contribution in [3.05, 3.63) is 36.5 Å². The fourth-order valence-electron chi connectivity index (χ4n) is 8.50. The molecular weight excluding hydrogens is 880 g/mol. The Bertz CT molecular complexity index is 1280. The van der Waals surface area contributed by atoms with Crippen molar-refractivity contribution in [1.29, 1.82) is 0 Å². The molecule has 0 rings (SSSR count). The number of carbonyl (C=O) groups excluding carboxylic acids is 2. The Kier molecular flexibility index (Phi) is 48.5. The van der Waals surface area contributed by atoms with Gasteiger partial charge in [0.05, 0.1) is 33.8 Å². The minimum Gasteiger partial charge on any atom is -0.456 e. The summed E-state index contributed by atoms with van der Waals surface area (Å²) in [6, 6.07) is -0.846. The number of phosphoric acid groups is 1. The normalized spacial score (nSPS) is 14.0. The van der Waals surface area contributed by atoms with Crippen molar-refractivity contribution in [1.82, 2.24) is 5.32 Å². The van der Waals surface area contributed by atoms with Crippen LogP contribution in [0.25, 0.3) is 0 Å². The molecule has 2 N–H and O–H groups in total. The molecule has 0 aliphatic heterocycles. The highest BCUT2D eigenvalue weighted by Crippen LogP contribution is 2.43. The monoisotopic (exact) mass is 994 g/mol. The quantitative estimate of drug-likeness (QED) is 0.0205. The largest absolute Gasteiger partial charge is 0.472 e. The van der Waals surface area contributed by atoms with E-state index in [9.17, 15) is 19.0 Å². The van der Waals surface area contributed by atoms with Gasteiger partial charge in [0.2, 0.25) is 5.91 Å². The van der Waals surface area contributed by atoms with Gasteiger partial charge < -0.3 is 19.4 Å². The molecule has 0 saturated carbocycles. The topological polar surface area (TPSA) is 111 Å².